The lowest BCUT2D eigenvalue weighted by Crippen LogP contribution is -2.71. The number of aliphatic hydroxyl groups excluding tert-OH is 23. The van der Waals surface area contributed by atoms with Gasteiger partial charge in [0, 0.05) is 41.5 Å². The van der Waals surface area contributed by atoms with Crippen molar-refractivity contribution in [1.82, 2.24) is 31.9 Å². The van der Waals surface area contributed by atoms with Gasteiger partial charge in [0.05, 0.1) is 59.5 Å². The van der Waals surface area contributed by atoms with E-state index in [0.717, 1.165) is 41.5 Å². The number of aliphatic hydroxyl groups is 23. The standard InChI is InChI=1S/C66H110N6O46/c1-16(80)67-31-47(96)52(26(11-77)104-58(31)101)113-63-36(72-21(6)85)48(97)53(27(12-78)109-63)115-64-51(100)55(116-66-57(118-62-35(71-20(5)84)46(95)40(89)25(10-76)108-62)50(99)54(28(13-79)110-66)114-60-33(69-18(3)82)44(93)38(87)23(8-74)106-60)42(91)30(111-64)15-103-65-56(117-61-34(70-19(4)83)45(94)39(88)24(9-75)107-61)49(98)41(90)29(112-65)14-102-59-32(68-17(2)81)43(92)37(86)22(7-73)105-59/h22-66,73-79,86-101H,7-15H2,1-6H3,(H,67,80)(H,68,81)(H,69,82)(H,70,83)(H,71,84)(H,72,85)/t22-,23-,24-,25-,26-,27-,28-,29-,30-,31-,32-,33-,34-,35+,36-,37-,38-,39-,40-,41-,42-,43-,44-,45-,46-,47-,48-,49+,50+,51+,52-,53-,54-,55+,56+,57+,58-,59?,60?,61?,62?,63+,64+,65+,66-/m1/s1. The van der Waals surface area contributed by atoms with Crippen molar-refractivity contribution in [1.29, 1.82) is 0 Å². The van der Waals surface area contributed by atoms with Crippen molar-refractivity contribution in [3.63, 3.8) is 0 Å². The van der Waals surface area contributed by atoms with Crippen molar-refractivity contribution in [2.45, 2.75) is 318 Å². The van der Waals surface area contributed by atoms with Crippen LogP contribution in [0.3, 0.4) is 0 Å². The SMILES string of the molecule is CC(=O)N[C@@H]1[C@@H](O)[C@H](O[C@@H]2O[C@H](CO)[C@@H](O[C@@H]3O[C@H](CO[C@H]4O[C@H](COC5O[C@H](CO)[C@@H](O)[C@H](O)[C@H]5NC(C)=O)[C@@H](O)[C@H](O)[C@@H]4OC4O[C@H](CO)[C@@H](O)[C@H](O)[C@H]4NC(C)=O)[C@@H](O)[C@H](O[C@H]4O[C@H](CO)[C@@H](OC5O[C@H](CO)[C@@H](O)[C@H](O)[C@H]5NC(C)=O)[C@H](O)[C@@H]4OC4O[C@H](CO)[C@@H](O)[C@H](O)[C@@H]4NC(C)=O)[C@@H]3O)[C@H](O)[C@H]2NC(C)=O)[C@@H](CO)O[C@H]1O. The Bertz CT molecular complexity index is 3230. The highest BCUT2D eigenvalue weighted by Gasteiger charge is 2.61. The summed E-state index contributed by atoms with van der Waals surface area (Å²) >= 11 is 0. The van der Waals surface area contributed by atoms with E-state index in [9.17, 15) is 146 Å². The molecule has 29 N–H and O–H groups in total. The Morgan fingerprint density at radius 2 is 0.466 bits per heavy atom. The largest absolute Gasteiger partial charge is 0.394 e. The molecule has 0 aromatic rings. The van der Waals surface area contributed by atoms with Crippen LogP contribution in [0.1, 0.15) is 41.5 Å². The molecule has 9 heterocycles. The first-order valence-corrected chi connectivity index (χ1v) is 37.6. The van der Waals surface area contributed by atoms with E-state index in [1.165, 1.54) is 0 Å². The highest BCUT2D eigenvalue weighted by molar-refractivity contribution is 5.75. The number of amides is 6. The van der Waals surface area contributed by atoms with Crippen LogP contribution in [0.4, 0.5) is 0 Å². The van der Waals surface area contributed by atoms with Gasteiger partial charge in [0.25, 0.3) is 0 Å². The fraction of sp³-hybridized carbons (Fsp3) is 0.909. The average Bonchev–Trinajstić information content (AvgIpc) is 0.760. The number of rotatable bonds is 31. The van der Waals surface area contributed by atoms with Crippen LogP contribution in [-0.2, 0) is 109 Å². The summed E-state index contributed by atoms with van der Waals surface area (Å²) in [4.78, 5) is 75.9. The molecule has 680 valence electrons. The van der Waals surface area contributed by atoms with Gasteiger partial charge in [0.15, 0.2) is 56.6 Å². The van der Waals surface area contributed by atoms with Crippen molar-refractivity contribution in [3.05, 3.63) is 0 Å². The van der Waals surface area contributed by atoms with Crippen molar-refractivity contribution in [2.24, 2.45) is 0 Å². The minimum absolute atomic E-state index is 0.801. The van der Waals surface area contributed by atoms with Gasteiger partial charge in [0.1, 0.15) is 219 Å². The van der Waals surface area contributed by atoms with Crippen molar-refractivity contribution < 1.29 is 227 Å². The molecule has 0 aromatic carbocycles. The maximum atomic E-state index is 13.1. The predicted octanol–water partition coefficient (Wildman–Crippen LogP) is -19.8. The third-order valence-corrected chi connectivity index (χ3v) is 21.1. The molecule has 4 unspecified atom stereocenters. The lowest BCUT2D eigenvalue weighted by atomic mass is 9.93. The summed E-state index contributed by atoms with van der Waals surface area (Å²) in [6.07, 6.45) is -82.3. The lowest BCUT2D eigenvalue weighted by molar-refractivity contribution is -0.403. The highest BCUT2D eigenvalue weighted by atomic mass is 16.8. The summed E-state index contributed by atoms with van der Waals surface area (Å²) in [5.41, 5.74) is 0. The molecule has 52 nitrogen and oxygen atoms in total. The fourth-order valence-electron chi connectivity index (χ4n) is 15.2. The van der Waals surface area contributed by atoms with Crippen LogP contribution in [0.15, 0.2) is 0 Å². The summed E-state index contributed by atoms with van der Waals surface area (Å²) in [6.45, 7) is -4.10. The Kier molecular flexibility index (Phi) is 35.1. The fourth-order valence-corrected chi connectivity index (χ4v) is 15.2. The van der Waals surface area contributed by atoms with E-state index in [1.54, 1.807) is 0 Å². The van der Waals surface area contributed by atoms with Gasteiger partial charge in [-0.05, 0) is 0 Å². The summed E-state index contributed by atoms with van der Waals surface area (Å²) in [7, 11) is 0. The summed E-state index contributed by atoms with van der Waals surface area (Å²) in [6, 6.07) is -10.8. The van der Waals surface area contributed by atoms with Crippen LogP contribution in [-0.4, -0.2) is 488 Å². The van der Waals surface area contributed by atoms with Crippen LogP contribution in [0.2, 0.25) is 0 Å². The second-order valence-corrected chi connectivity index (χ2v) is 29.7. The zero-order valence-corrected chi connectivity index (χ0v) is 64.0. The van der Waals surface area contributed by atoms with E-state index in [1.807, 2.05) is 0 Å². The smallest absolute Gasteiger partial charge is 0.217 e. The molecule has 9 rings (SSSR count). The number of ether oxygens (including phenoxy) is 17. The maximum Gasteiger partial charge on any atom is 0.217 e. The molecule has 9 fully saturated rings. The zero-order chi connectivity index (χ0) is 87.1. The Labute approximate surface area is 669 Å². The molecule has 0 aliphatic carbocycles. The third-order valence-electron chi connectivity index (χ3n) is 21.1. The van der Waals surface area contributed by atoms with Crippen LogP contribution >= 0.6 is 0 Å². The summed E-state index contributed by atoms with van der Waals surface area (Å²) in [5.74, 6) is -5.29. The van der Waals surface area contributed by atoms with E-state index < -0.39 is 371 Å². The van der Waals surface area contributed by atoms with Crippen LogP contribution in [0, 0.1) is 0 Å². The molecule has 0 aromatic heterocycles. The Balaban J connectivity index is 1.13. The van der Waals surface area contributed by atoms with Crippen LogP contribution in [0.25, 0.3) is 0 Å². The molecule has 0 saturated carbocycles. The molecule has 9 aliphatic rings. The van der Waals surface area contributed by atoms with Crippen molar-refractivity contribution in [3.8, 4) is 0 Å². The third kappa shape index (κ3) is 22.1. The first-order chi connectivity index (χ1) is 55.8. The Morgan fingerprint density at radius 1 is 0.220 bits per heavy atom. The molecule has 0 radical (unpaired) electrons. The van der Waals surface area contributed by atoms with Crippen LogP contribution < -0.4 is 31.9 Å². The normalized spacial score (nSPS) is 46.9. The number of hydrogen-bond acceptors (Lipinski definition) is 46. The van der Waals surface area contributed by atoms with Gasteiger partial charge >= 0.3 is 0 Å². The quantitative estimate of drug-likeness (QED) is 0.0306. The van der Waals surface area contributed by atoms with Crippen molar-refractivity contribution >= 4 is 35.4 Å². The number of hydrogen-bond donors (Lipinski definition) is 29. The Morgan fingerprint density at radius 3 is 0.847 bits per heavy atom. The van der Waals surface area contributed by atoms with E-state index in [2.05, 4.69) is 31.9 Å². The number of carbonyl (C=O) groups is 6. The van der Waals surface area contributed by atoms with E-state index in [0.29, 0.717) is 0 Å². The predicted molar refractivity (Wildman–Crippen MR) is 367 cm³/mol. The molecule has 52 heteroatoms. The van der Waals surface area contributed by atoms with Gasteiger partial charge in [-0.2, -0.15) is 0 Å². The molecular weight excluding hydrogens is 1610 g/mol. The minimum atomic E-state index is -2.65. The minimum Gasteiger partial charge on any atom is -0.394 e. The van der Waals surface area contributed by atoms with Gasteiger partial charge < -0.3 is 230 Å². The molecule has 118 heavy (non-hydrogen) atoms. The van der Waals surface area contributed by atoms with E-state index in [-0.39, 0.29) is 0 Å². The second kappa shape index (κ2) is 42.7. The van der Waals surface area contributed by atoms with Crippen molar-refractivity contribution in [2.75, 3.05) is 59.5 Å². The first-order valence-electron chi connectivity index (χ1n) is 37.6. The van der Waals surface area contributed by atoms with Gasteiger partial charge in [-0.3, -0.25) is 28.8 Å². The molecule has 45 atom stereocenters. The topological polar surface area (TPSA) is 797 Å². The molecule has 9 saturated heterocycles. The van der Waals surface area contributed by atoms with Gasteiger partial charge in [-0.1, -0.05) is 0 Å². The summed E-state index contributed by atoms with van der Waals surface area (Å²) < 4.78 is 103. The molecule has 0 bridgehead atoms. The molecule has 9 aliphatic heterocycles. The average molecular weight is 1720 g/mol. The van der Waals surface area contributed by atoms with Gasteiger partial charge in [0.2, 0.25) is 35.4 Å². The molecule has 6 amide bonds. The lowest BCUT2D eigenvalue weighted by Gasteiger charge is -2.51. The monoisotopic (exact) mass is 1720 g/mol. The first kappa shape index (κ1) is 97.0. The number of carbonyl (C=O) groups excluding carboxylic acids is 6. The van der Waals surface area contributed by atoms with E-state index in [4.69, 9.17) is 80.5 Å². The maximum absolute atomic E-state index is 13.1. The van der Waals surface area contributed by atoms with Gasteiger partial charge in [-0.15, -0.1) is 0 Å². The zero-order valence-electron chi connectivity index (χ0n) is 64.0. The molecule has 0 spiro atoms. The number of nitrogens with one attached hydrogen (secondary N) is 6. The van der Waals surface area contributed by atoms with Gasteiger partial charge in [-0.25, -0.2) is 0 Å². The Hall–Kier alpha value is -4.78. The van der Waals surface area contributed by atoms with Crippen LogP contribution in [0.5, 0.6) is 0 Å². The summed E-state index contributed by atoms with van der Waals surface area (Å²) in [5, 5.41) is 274. The molecular formula is C66H110N6O46. The highest BCUT2D eigenvalue weighted by Crippen LogP contribution is 2.40. The second-order valence-electron chi connectivity index (χ2n) is 29.7. The van der Waals surface area contributed by atoms with E-state index >= 15 is 0 Å².